The SMILES string of the molecule is CC(C)C(=O)NCCN=C(N)NC(C)(C)C. The molecule has 0 bridgehead atoms. The second-order valence-electron chi connectivity index (χ2n) is 5.09. The van der Waals surface area contributed by atoms with Crippen molar-refractivity contribution in [2.45, 2.75) is 40.2 Å². The lowest BCUT2D eigenvalue weighted by Crippen LogP contribution is -2.45. The summed E-state index contributed by atoms with van der Waals surface area (Å²) < 4.78 is 0. The molecule has 0 aromatic carbocycles. The van der Waals surface area contributed by atoms with Crippen LogP contribution in [0.15, 0.2) is 4.99 Å². The molecule has 0 spiro atoms. The zero-order valence-electron chi connectivity index (χ0n) is 10.9. The van der Waals surface area contributed by atoms with Gasteiger partial charge in [0, 0.05) is 18.0 Å². The van der Waals surface area contributed by atoms with Crippen LogP contribution in [0.4, 0.5) is 0 Å². The summed E-state index contributed by atoms with van der Waals surface area (Å²) in [5.41, 5.74) is 5.57. The predicted octanol–water partition coefficient (Wildman–Crippen LogP) is 0.461. The molecule has 94 valence electrons. The summed E-state index contributed by atoms with van der Waals surface area (Å²) in [5.74, 6) is 0.456. The van der Waals surface area contributed by atoms with E-state index in [-0.39, 0.29) is 17.4 Å². The molecular weight excluding hydrogens is 204 g/mol. The first kappa shape index (κ1) is 14.7. The maximum atomic E-state index is 11.2. The molecule has 0 saturated heterocycles. The Balaban J connectivity index is 3.80. The number of guanidine groups is 1. The standard InChI is InChI=1S/C11H24N4O/c1-8(2)9(16)13-6-7-14-10(12)15-11(3,4)5/h8H,6-7H2,1-5H3,(H,13,16)(H3,12,14,15). The molecule has 0 heterocycles. The molecule has 0 saturated carbocycles. The molecule has 5 heteroatoms. The van der Waals surface area contributed by atoms with E-state index in [0.29, 0.717) is 19.0 Å². The van der Waals surface area contributed by atoms with Crippen molar-refractivity contribution >= 4 is 11.9 Å². The van der Waals surface area contributed by atoms with Crippen LogP contribution >= 0.6 is 0 Å². The molecule has 4 N–H and O–H groups in total. The van der Waals surface area contributed by atoms with E-state index in [9.17, 15) is 4.79 Å². The smallest absolute Gasteiger partial charge is 0.222 e. The first-order chi connectivity index (χ1) is 7.22. The van der Waals surface area contributed by atoms with E-state index >= 15 is 0 Å². The van der Waals surface area contributed by atoms with Gasteiger partial charge in [-0.15, -0.1) is 0 Å². The van der Waals surface area contributed by atoms with E-state index in [0.717, 1.165) is 0 Å². The van der Waals surface area contributed by atoms with E-state index in [1.807, 2.05) is 34.6 Å². The van der Waals surface area contributed by atoms with Crippen LogP contribution in [-0.2, 0) is 4.79 Å². The van der Waals surface area contributed by atoms with E-state index in [4.69, 9.17) is 5.73 Å². The molecule has 0 unspecified atom stereocenters. The Morgan fingerprint density at radius 1 is 1.38 bits per heavy atom. The van der Waals surface area contributed by atoms with Crippen LogP contribution < -0.4 is 16.4 Å². The first-order valence-corrected chi connectivity index (χ1v) is 5.58. The van der Waals surface area contributed by atoms with Crippen LogP contribution in [0.1, 0.15) is 34.6 Å². The fraction of sp³-hybridized carbons (Fsp3) is 0.818. The van der Waals surface area contributed by atoms with Gasteiger partial charge < -0.3 is 16.4 Å². The maximum Gasteiger partial charge on any atom is 0.222 e. The number of nitrogens with zero attached hydrogens (tertiary/aromatic N) is 1. The highest BCUT2D eigenvalue weighted by Gasteiger charge is 2.09. The van der Waals surface area contributed by atoms with E-state index in [1.54, 1.807) is 0 Å². The van der Waals surface area contributed by atoms with E-state index < -0.39 is 0 Å². The highest BCUT2D eigenvalue weighted by atomic mass is 16.1. The lowest BCUT2D eigenvalue weighted by Gasteiger charge is -2.21. The third-order valence-corrected chi connectivity index (χ3v) is 1.72. The molecule has 5 nitrogen and oxygen atoms in total. The topological polar surface area (TPSA) is 79.5 Å². The van der Waals surface area contributed by atoms with Crippen molar-refractivity contribution in [3.8, 4) is 0 Å². The van der Waals surface area contributed by atoms with Crippen molar-refractivity contribution in [2.24, 2.45) is 16.6 Å². The van der Waals surface area contributed by atoms with Gasteiger partial charge in [0.25, 0.3) is 0 Å². The molecule has 0 aromatic heterocycles. The average Bonchev–Trinajstić information content (AvgIpc) is 2.08. The highest BCUT2D eigenvalue weighted by molar-refractivity contribution is 5.79. The van der Waals surface area contributed by atoms with E-state index in [1.165, 1.54) is 0 Å². The van der Waals surface area contributed by atoms with Crippen LogP contribution in [0.5, 0.6) is 0 Å². The maximum absolute atomic E-state index is 11.2. The molecule has 16 heavy (non-hydrogen) atoms. The number of nitrogens with two attached hydrogens (primary N) is 1. The Morgan fingerprint density at radius 2 is 1.94 bits per heavy atom. The van der Waals surface area contributed by atoms with Crippen LogP contribution in [0.25, 0.3) is 0 Å². The highest BCUT2D eigenvalue weighted by Crippen LogP contribution is 1.96. The number of hydrogen-bond acceptors (Lipinski definition) is 2. The van der Waals surface area contributed by atoms with Gasteiger partial charge in [-0.05, 0) is 20.8 Å². The van der Waals surface area contributed by atoms with Gasteiger partial charge in [0.2, 0.25) is 5.91 Å². The molecule has 1 amide bonds. The number of aliphatic imine (C=N–C) groups is 1. The fourth-order valence-corrected chi connectivity index (χ4v) is 0.983. The second-order valence-corrected chi connectivity index (χ2v) is 5.09. The minimum absolute atomic E-state index is 0.00836. The molecule has 0 aliphatic rings. The second kappa shape index (κ2) is 6.35. The fourth-order valence-electron chi connectivity index (χ4n) is 0.983. The number of hydrogen-bond donors (Lipinski definition) is 3. The normalized spacial score (nSPS) is 12.8. The third-order valence-electron chi connectivity index (χ3n) is 1.72. The van der Waals surface area contributed by atoms with Crippen molar-refractivity contribution < 1.29 is 4.79 Å². The van der Waals surface area contributed by atoms with Crippen molar-refractivity contribution in [1.82, 2.24) is 10.6 Å². The van der Waals surface area contributed by atoms with Gasteiger partial charge in [-0.25, -0.2) is 0 Å². The van der Waals surface area contributed by atoms with Gasteiger partial charge >= 0.3 is 0 Å². The molecule has 0 fully saturated rings. The van der Waals surface area contributed by atoms with Gasteiger partial charge in [-0.2, -0.15) is 0 Å². The van der Waals surface area contributed by atoms with Crippen molar-refractivity contribution in [2.75, 3.05) is 13.1 Å². The number of nitrogens with one attached hydrogen (secondary N) is 2. The lowest BCUT2D eigenvalue weighted by molar-refractivity contribution is -0.123. The van der Waals surface area contributed by atoms with Crippen LogP contribution in [-0.4, -0.2) is 30.5 Å². The largest absolute Gasteiger partial charge is 0.370 e. The Labute approximate surface area is 97.9 Å². The van der Waals surface area contributed by atoms with Gasteiger partial charge in [-0.3, -0.25) is 9.79 Å². The summed E-state index contributed by atoms with van der Waals surface area (Å²) in [6.07, 6.45) is 0. The van der Waals surface area contributed by atoms with Gasteiger partial charge in [0.15, 0.2) is 5.96 Å². The predicted molar refractivity (Wildman–Crippen MR) is 67.2 cm³/mol. The van der Waals surface area contributed by atoms with Crippen LogP contribution in [0.3, 0.4) is 0 Å². The Morgan fingerprint density at radius 3 is 2.38 bits per heavy atom. The zero-order chi connectivity index (χ0) is 12.8. The lowest BCUT2D eigenvalue weighted by atomic mass is 10.1. The molecule has 0 aliphatic heterocycles. The van der Waals surface area contributed by atoms with Crippen molar-refractivity contribution in [3.05, 3.63) is 0 Å². The Bertz CT molecular complexity index is 253. The van der Waals surface area contributed by atoms with Gasteiger partial charge in [0.1, 0.15) is 0 Å². The van der Waals surface area contributed by atoms with Gasteiger partial charge in [0.05, 0.1) is 6.54 Å². The number of carbonyl (C=O) groups is 1. The van der Waals surface area contributed by atoms with E-state index in [2.05, 4.69) is 15.6 Å². The molecule has 0 radical (unpaired) electrons. The molecule has 0 aliphatic carbocycles. The monoisotopic (exact) mass is 228 g/mol. The number of amides is 1. The quantitative estimate of drug-likeness (QED) is 0.371. The summed E-state index contributed by atoms with van der Waals surface area (Å²) in [6, 6.07) is 0. The summed E-state index contributed by atoms with van der Waals surface area (Å²) in [4.78, 5) is 15.3. The number of rotatable bonds is 4. The Hall–Kier alpha value is -1.26. The zero-order valence-corrected chi connectivity index (χ0v) is 10.9. The average molecular weight is 228 g/mol. The van der Waals surface area contributed by atoms with Crippen molar-refractivity contribution in [1.29, 1.82) is 0 Å². The van der Waals surface area contributed by atoms with Crippen LogP contribution in [0.2, 0.25) is 0 Å². The number of carbonyl (C=O) groups excluding carboxylic acids is 1. The summed E-state index contributed by atoms with van der Waals surface area (Å²) in [5, 5.41) is 5.82. The minimum Gasteiger partial charge on any atom is -0.370 e. The molecule has 0 rings (SSSR count). The summed E-state index contributed by atoms with van der Waals surface area (Å²) in [7, 11) is 0. The molecule has 0 aromatic rings. The molecule has 0 atom stereocenters. The van der Waals surface area contributed by atoms with Crippen molar-refractivity contribution in [3.63, 3.8) is 0 Å². The summed E-state index contributed by atoms with van der Waals surface area (Å²) in [6.45, 7) is 10.8. The third kappa shape index (κ3) is 8.08. The molecular formula is C11H24N4O. The first-order valence-electron chi connectivity index (χ1n) is 5.58. The minimum atomic E-state index is -0.0885. The van der Waals surface area contributed by atoms with Gasteiger partial charge in [-0.1, -0.05) is 13.8 Å². The Kier molecular flexibility index (Phi) is 5.85. The van der Waals surface area contributed by atoms with Crippen LogP contribution in [0, 0.1) is 5.92 Å². The summed E-state index contributed by atoms with van der Waals surface area (Å²) >= 11 is 0.